The third-order valence-electron chi connectivity index (χ3n) is 3.90. The van der Waals surface area contributed by atoms with Gasteiger partial charge in [0.25, 0.3) is 0 Å². The monoisotopic (exact) mass is 271 g/mol. The van der Waals surface area contributed by atoms with E-state index in [0.717, 1.165) is 12.8 Å². The van der Waals surface area contributed by atoms with Crippen LogP contribution >= 0.6 is 0 Å². The Balaban J connectivity index is 2.59. The van der Waals surface area contributed by atoms with Crippen LogP contribution in [0.2, 0.25) is 0 Å². The zero-order valence-electron chi connectivity index (χ0n) is 12.1. The molecule has 1 atom stereocenters. The number of carboxylic acid groups (broad SMARTS) is 1. The lowest BCUT2D eigenvalue weighted by Gasteiger charge is -2.36. The van der Waals surface area contributed by atoms with Gasteiger partial charge in [-0.1, -0.05) is 13.8 Å². The predicted octanol–water partition coefficient (Wildman–Crippen LogP) is 1.81. The fraction of sp³-hybridized carbons (Fsp3) is 0.857. The van der Waals surface area contributed by atoms with Crippen LogP contribution in [0.15, 0.2) is 0 Å². The van der Waals surface area contributed by atoms with Crippen molar-refractivity contribution in [2.75, 3.05) is 13.7 Å². The lowest BCUT2D eigenvalue weighted by atomic mass is 9.77. The molecule has 110 valence electrons. The quantitative estimate of drug-likeness (QED) is 0.772. The van der Waals surface area contributed by atoms with Gasteiger partial charge in [0.2, 0.25) is 5.91 Å². The van der Waals surface area contributed by atoms with Crippen molar-refractivity contribution >= 4 is 11.9 Å². The largest absolute Gasteiger partial charge is 0.480 e. The van der Waals surface area contributed by atoms with E-state index in [9.17, 15) is 14.7 Å². The second-order valence-corrected chi connectivity index (χ2v) is 5.88. The van der Waals surface area contributed by atoms with Gasteiger partial charge in [0, 0.05) is 20.1 Å². The highest BCUT2D eigenvalue weighted by Gasteiger charge is 2.42. The Morgan fingerprint density at radius 2 is 2.00 bits per heavy atom. The number of methoxy groups -OCH3 is 1. The van der Waals surface area contributed by atoms with E-state index in [2.05, 4.69) is 12.2 Å². The van der Waals surface area contributed by atoms with Crippen LogP contribution in [-0.2, 0) is 14.3 Å². The highest BCUT2D eigenvalue weighted by molar-refractivity contribution is 5.87. The molecule has 1 fully saturated rings. The summed E-state index contributed by atoms with van der Waals surface area (Å²) < 4.78 is 4.98. The fourth-order valence-electron chi connectivity index (χ4n) is 2.63. The van der Waals surface area contributed by atoms with Crippen LogP contribution in [0, 0.1) is 11.8 Å². The smallest absolute Gasteiger partial charge is 0.329 e. The van der Waals surface area contributed by atoms with Crippen molar-refractivity contribution in [1.29, 1.82) is 0 Å². The van der Waals surface area contributed by atoms with E-state index in [1.165, 1.54) is 0 Å². The van der Waals surface area contributed by atoms with Gasteiger partial charge >= 0.3 is 5.97 Å². The number of amides is 1. The average Bonchev–Trinajstić information content (AvgIpc) is 2.32. The van der Waals surface area contributed by atoms with Gasteiger partial charge in [-0.05, 0) is 37.5 Å². The lowest BCUT2D eigenvalue weighted by Crippen LogP contribution is -2.56. The summed E-state index contributed by atoms with van der Waals surface area (Å²) in [6.45, 7) is 4.54. The van der Waals surface area contributed by atoms with Gasteiger partial charge in [0.05, 0.1) is 0 Å². The summed E-state index contributed by atoms with van der Waals surface area (Å²) in [4.78, 5) is 23.4. The maximum atomic E-state index is 12.0. The highest BCUT2D eigenvalue weighted by atomic mass is 16.5. The minimum Gasteiger partial charge on any atom is -0.480 e. The SMILES string of the molecule is COCC(C)CC(=O)NC1(C(=O)O)CCC(C)CC1. The topological polar surface area (TPSA) is 75.6 Å². The van der Waals surface area contributed by atoms with Gasteiger partial charge in [-0.2, -0.15) is 0 Å². The first kappa shape index (κ1) is 16.0. The Morgan fingerprint density at radius 1 is 1.42 bits per heavy atom. The zero-order valence-corrected chi connectivity index (χ0v) is 12.1. The molecule has 0 aromatic heterocycles. The van der Waals surface area contributed by atoms with E-state index in [0.29, 0.717) is 31.8 Å². The molecule has 0 saturated heterocycles. The molecule has 1 rings (SSSR count). The van der Waals surface area contributed by atoms with Crippen molar-refractivity contribution in [3.05, 3.63) is 0 Å². The summed E-state index contributed by atoms with van der Waals surface area (Å²) in [5.74, 6) is -0.469. The van der Waals surface area contributed by atoms with E-state index in [1.54, 1.807) is 7.11 Å². The lowest BCUT2D eigenvalue weighted by molar-refractivity contribution is -0.149. The number of carboxylic acids is 1. The number of carbonyl (C=O) groups is 2. The Morgan fingerprint density at radius 3 is 2.47 bits per heavy atom. The van der Waals surface area contributed by atoms with E-state index in [-0.39, 0.29) is 11.8 Å². The molecule has 0 bridgehead atoms. The number of aliphatic carboxylic acids is 1. The second kappa shape index (κ2) is 6.89. The first-order valence-corrected chi connectivity index (χ1v) is 6.93. The Hall–Kier alpha value is -1.10. The first-order chi connectivity index (χ1) is 8.89. The molecular formula is C14H25NO4. The molecule has 5 heteroatoms. The van der Waals surface area contributed by atoms with Crippen molar-refractivity contribution in [2.45, 2.75) is 51.5 Å². The van der Waals surface area contributed by atoms with Gasteiger partial charge in [-0.15, -0.1) is 0 Å². The molecule has 0 radical (unpaired) electrons. The van der Waals surface area contributed by atoms with E-state index in [4.69, 9.17) is 4.74 Å². The molecule has 0 aromatic carbocycles. The number of rotatable bonds is 6. The normalized spacial score (nSPS) is 28.7. The van der Waals surface area contributed by atoms with Crippen molar-refractivity contribution in [1.82, 2.24) is 5.32 Å². The van der Waals surface area contributed by atoms with Crippen LogP contribution in [0.25, 0.3) is 0 Å². The molecule has 0 spiro atoms. The average molecular weight is 271 g/mol. The van der Waals surface area contributed by atoms with Gasteiger partial charge in [0.15, 0.2) is 0 Å². The summed E-state index contributed by atoms with van der Waals surface area (Å²) in [5, 5.41) is 12.2. The molecule has 0 aromatic rings. The van der Waals surface area contributed by atoms with E-state index in [1.807, 2.05) is 6.92 Å². The molecule has 19 heavy (non-hydrogen) atoms. The Bertz CT molecular complexity index is 321. The molecule has 1 unspecified atom stereocenters. The third-order valence-corrected chi connectivity index (χ3v) is 3.90. The molecule has 1 aliphatic carbocycles. The number of hydrogen-bond acceptors (Lipinski definition) is 3. The maximum Gasteiger partial charge on any atom is 0.329 e. The molecule has 1 amide bonds. The Labute approximate surface area is 114 Å². The van der Waals surface area contributed by atoms with Gasteiger partial charge in [-0.25, -0.2) is 4.79 Å². The van der Waals surface area contributed by atoms with Gasteiger partial charge in [0.1, 0.15) is 5.54 Å². The number of ether oxygens (including phenoxy) is 1. The minimum atomic E-state index is -1.06. The predicted molar refractivity (Wildman–Crippen MR) is 71.8 cm³/mol. The zero-order chi connectivity index (χ0) is 14.5. The minimum absolute atomic E-state index is 0.0957. The van der Waals surface area contributed by atoms with E-state index < -0.39 is 11.5 Å². The van der Waals surface area contributed by atoms with Gasteiger partial charge in [-0.3, -0.25) is 4.79 Å². The Kier molecular flexibility index (Phi) is 5.79. The van der Waals surface area contributed by atoms with Crippen molar-refractivity contribution < 1.29 is 19.4 Å². The molecule has 0 aliphatic heterocycles. The van der Waals surface area contributed by atoms with Gasteiger partial charge < -0.3 is 15.2 Å². The molecular weight excluding hydrogens is 246 g/mol. The van der Waals surface area contributed by atoms with Crippen LogP contribution in [0.4, 0.5) is 0 Å². The summed E-state index contributed by atoms with van der Waals surface area (Å²) in [5.41, 5.74) is -1.06. The van der Waals surface area contributed by atoms with Crippen molar-refractivity contribution in [2.24, 2.45) is 11.8 Å². The molecule has 1 saturated carbocycles. The maximum absolute atomic E-state index is 12.0. The van der Waals surface area contributed by atoms with Crippen LogP contribution in [0.3, 0.4) is 0 Å². The van der Waals surface area contributed by atoms with Crippen LogP contribution in [0.1, 0.15) is 46.0 Å². The fourth-order valence-corrected chi connectivity index (χ4v) is 2.63. The van der Waals surface area contributed by atoms with Crippen LogP contribution in [-0.4, -0.2) is 36.2 Å². The molecule has 0 heterocycles. The van der Waals surface area contributed by atoms with Crippen molar-refractivity contribution in [3.63, 3.8) is 0 Å². The molecule has 5 nitrogen and oxygen atoms in total. The number of hydrogen-bond donors (Lipinski definition) is 2. The number of carbonyl (C=O) groups excluding carboxylic acids is 1. The summed E-state index contributed by atoms with van der Waals surface area (Å²) >= 11 is 0. The van der Waals surface area contributed by atoms with Crippen LogP contribution in [0.5, 0.6) is 0 Å². The standard InChI is InChI=1S/C14H25NO4/c1-10-4-6-14(7-5-10,13(17)18)15-12(16)8-11(2)9-19-3/h10-11H,4-9H2,1-3H3,(H,15,16)(H,17,18). The summed E-state index contributed by atoms with van der Waals surface area (Å²) in [6.07, 6.45) is 3.04. The number of nitrogens with one attached hydrogen (secondary N) is 1. The second-order valence-electron chi connectivity index (χ2n) is 5.88. The first-order valence-electron chi connectivity index (χ1n) is 6.93. The van der Waals surface area contributed by atoms with E-state index >= 15 is 0 Å². The van der Waals surface area contributed by atoms with Crippen LogP contribution < -0.4 is 5.32 Å². The summed E-state index contributed by atoms with van der Waals surface area (Å²) in [7, 11) is 1.59. The van der Waals surface area contributed by atoms with Crippen molar-refractivity contribution in [3.8, 4) is 0 Å². The molecule has 2 N–H and O–H groups in total. The molecule has 1 aliphatic rings. The summed E-state index contributed by atoms with van der Waals surface area (Å²) in [6, 6.07) is 0. The third kappa shape index (κ3) is 4.49. The highest BCUT2D eigenvalue weighted by Crippen LogP contribution is 2.32.